The maximum Gasteiger partial charge on any atom is 0.222 e. The lowest BCUT2D eigenvalue weighted by atomic mass is 9.77. The summed E-state index contributed by atoms with van der Waals surface area (Å²) in [4.78, 5) is 14.5. The van der Waals surface area contributed by atoms with Crippen LogP contribution in [0.25, 0.3) is 0 Å². The molecule has 3 rings (SSSR count). The average Bonchev–Trinajstić information content (AvgIpc) is 3.06. The molecule has 2 N–H and O–H groups in total. The summed E-state index contributed by atoms with van der Waals surface area (Å²) in [5.74, 6) is 2.17. The minimum absolute atomic E-state index is 0. The van der Waals surface area contributed by atoms with Crippen molar-refractivity contribution in [3.8, 4) is 0 Å². The topological polar surface area (TPSA) is 46.3 Å². The van der Waals surface area contributed by atoms with Crippen LogP contribution in [0.1, 0.15) is 50.0 Å². The van der Waals surface area contributed by atoms with E-state index < -0.39 is 0 Å². The molecule has 1 saturated carbocycles. The zero-order valence-corrected chi connectivity index (χ0v) is 14.6. The van der Waals surface area contributed by atoms with Crippen molar-refractivity contribution >= 4 is 18.3 Å². The molecule has 1 amide bonds. The summed E-state index contributed by atoms with van der Waals surface area (Å²) >= 11 is 0. The van der Waals surface area contributed by atoms with Crippen molar-refractivity contribution < 1.29 is 4.79 Å². The first-order valence-electron chi connectivity index (χ1n) is 8.79. The van der Waals surface area contributed by atoms with Crippen molar-refractivity contribution in [2.75, 3.05) is 19.6 Å². The van der Waals surface area contributed by atoms with Gasteiger partial charge in [0.2, 0.25) is 5.91 Å². The number of amides is 1. The first kappa shape index (κ1) is 18.3. The number of nitrogens with two attached hydrogens (primary N) is 1. The fourth-order valence-corrected chi connectivity index (χ4v) is 4.05. The van der Waals surface area contributed by atoms with Gasteiger partial charge in [-0.1, -0.05) is 30.3 Å². The Morgan fingerprint density at radius 1 is 1.04 bits per heavy atom. The Bertz CT molecular complexity index is 485. The fourth-order valence-electron chi connectivity index (χ4n) is 4.05. The molecule has 3 nitrogen and oxygen atoms in total. The van der Waals surface area contributed by atoms with Crippen LogP contribution in [0.15, 0.2) is 30.3 Å². The van der Waals surface area contributed by atoms with Crippen LogP contribution < -0.4 is 5.73 Å². The molecule has 0 spiro atoms. The first-order chi connectivity index (χ1) is 10.8. The third-order valence-electron chi connectivity index (χ3n) is 5.55. The van der Waals surface area contributed by atoms with Crippen molar-refractivity contribution in [2.45, 2.75) is 44.4 Å². The van der Waals surface area contributed by atoms with E-state index >= 15 is 0 Å². The number of likely N-dealkylation sites (tertiary alicyclic amines) is 1. The average molecular weight is 337 g/mol. The minimum Gasteiger partial charge on any atom is -0.342 e. The van der Waals surface area contributed by atoms with E-state index in [1.165, 1.54) is 31.2 Å². The number of carbonyl (C=O) groups is 1. The van der Waals surface area contributed by atoms with Gasteiger partial charge in [0.1, 0.15) is 0 Å². The van der Waals surface area contributed by atoms with Crippen LogP contribution in [0.3, 0.4) is 0 Å². The van der Waals surface area contributed by atoms with Crippen LogP contribution in [0.2, 0.25) is 0 Å². The highest BCUT2D eigenvalue weighted by molar-refractivity contribution is 5.85. The largest absolute Gasteiger partial charge is 0.342 e. The van der Waals surface area contributed by atoms with Gasteiger partial charge in [-0.25, -0.2) is 0 Å². The van der Waals surface area contributed by atoms with Gasteiger partial charge in [-0.15, -0.1) is 12.4 Å². The van der Waals surface area contributed by atoms with E-state index in [-0.39, 0.29) is 12.4 Å². The Kier molecular flexibility index (Phi) is 6.91. The smallest absolute Gasteiger partial charge is 0.222 e. The van der Waals surface area contributed by atoms with Crippen LogP contribution in [-0.2, 0) is 4.79 Å². The molecule has 1 aromatic carbocycles. The molecule has 1 saturated heterocycles. The molecule has 1 aliphatic heterocycles. The molecule has 4 heteroatoms. The molecule has 1 heterocycles. The Morgan fingerprint density at radius 2 is 1.74 bits per heavy atom. The standard InChI is InChI=1S/C19H28N2O.ClH/c20-13-16-10-11-21(14-16)19(22)12-15-6-8-18(9-7-15)17-4-2-1-3-5-17;/h1-5,15-16,18H,6-14,20H2;1H. The zero-order chi connectivity index (χ0) is 15.4. The van der Waals surface area contributed by atoms with E-state index in [4.69, 9.17) is 5.73 Å². The Hall–Kier alpha value is -1.06. The van der Waals surface area contributed by atoms with Crippen molar-refractivity contribution in [1.29, 1.82) is 0 Å². The maximum atomic E-state index is 12.4. The number of hydrogen-bond donors (Lipinski definition) is 1. The quantitative estimate of drug-likeness (QED) is 0.913. The van der Waals surface area contributed by atoms with Gasteiger partial charge in [0.15, 0.2) is 0 Å². The van der Waals surface area contributed by atoms with Gasteiger partial charge in [-0.2, -0.15) is 0 Å². The number of carbonyl (C=O) groups excluding carboxylic acids is 1. The highest BCUT2D eigenvalue weighted by atomic mass is 35.5. The second-order valence-electron chi connectivity index (χ2n) is 7.06. The number of rotatable bonds is 4. The van der Waals surface area contributed by atoms with Gasteiger partial charge in [0.25, 0.3) is 0 Å². The van der Waals surface area contributed by atoms with E-state index in [9.17, 15) is 4.79 Å². The second kappa shape index (κ2) is 8.70. The molecule has 128 valence electrons. The van der Waals surface area contributed by atoms with Gasteiger partial charge < -0.3 is 10.6 Å². The van der Waals surface area contributed by atoms with Gasteiger partial charge in [-0.3, -0.25) is 4.79 Å². The van der Waals surface area contributed by atoms with Gasteiger partial charge in [0, 0.05) is 19.5 Å². The normalized spacial score (nSPS) is 27.5. The lowest BCUT2D eigenvalue weighted by Crippen LogP contribution is -2.31. The molecule has 0 radical (unpaired) electrons. The van der Waals surface area contributed by atoms with Gasteiger partial charge in [-0.05, 0) is 62.0 Å². The summed E-state index contributed by atoms with van der Waals surface area (Å²) in [5.41, 5.74) is 7.18. The van der Waals surface area contributed by atoms with E-state index in [0.29, 0.717) is 30.2 Å². The SMILES string of the molecule is Cl.NCC1CCN(C(=O)CC2CCC(c3ccccc3)CC2)C1. The highest BCUT2D eigenvalue weighted by Gasteiger charge is 2.29. The molecule has 2 aliphatic rings. The van der Waals surface area contributed by atoms with Crippen LogP contribution in [0.4, 0.5) is 0 Å². The molecule has 1 aliphatic carbocycles. The highest BCUT2D eigenvalue weighted by Crippen LogP contribution is 2.37. The van der Waals surface area contributed by atoms with Crippen molar-refractivity contribution in [2.24, 2.45) is 17.6 Å². The Labute approximate surface area is 146 Å². The molecule has 23 heavy (non-hydrogen) atoms. The van der Waals surface area contributed by atoms with E-state index in [1.54, 1.807) is 0 Å². The molecule has 1 unspecified atom stereocenters. The van der Waals surface area contributed by atoms with Crippen molar-refractivity contribution in [3.63, 3.8) is 0 Å². The summed E-state index contributed by atoms with van der Waals surface area (Å²) in [6, 6.07) is 10.8. The van der Waals surface area contributed by atoms with E-state index in [1.807, 2.05) is 4.90 Å². The van der Waals surface area contributed by atoms with E-state index in [2.05, 4.69) is 30.3 Å². The Balaban J connectivity index is 0.00000192. The molecule has 2 fully saturated rings. The maximum absolute atomic E-state index is 12.4. The van der Waals surface area contributed by atoms with E-state index in [0.717, 1.165) is 25.9 Å². The van der Waals surface area contributed by atoms with Crippen LogP contribution >= 0.6 is 12.4 Å². The van der Waals surface area contributed by atoms with Crippen molar-refractivity contribution in [1.82, 2.24) is 4.90 Å². The van der Waals surface area contributed by atoms with Crippen LogP contribution in [-0.4, -0.2) is 30.4 Å². The Morgan fingerprint density at radius 3 is 2.35 bits per heavy atom. The predicted octanol–water partition coefficient (Wildman–Crippen LogP) is 3.58. The number of hydrogen-bond acceptors (Lipinski definition) is 2. The summed E-state index contributed by atoms with van der Waals surface area (Å²) in [5, 5.41) is 0. The van der Waals surface area contributed by atoms with Crippen LogP contribution in [0, 0.1) is 11.8 Å². The fraction of sp³-hybridized carbons (Fsp3) is 0.632. The monoisotopic (exact) mass is 336 g/mol. The van der Waals surface area contributed by atoms with Crippen molar-refractivity contribution in [3.05, 3.63) is 35.9 Å². The van der Waals surface area contributed by atoms with Gasteiger partial charge >= 0.3 is 0 Å². The molecular weight excluding hydrogens is 308 g/mol. The molecule has 1 aromatic rings. The lowest BCUT2D eigenvalue weighted by Gasteiger charge is -2.29. The number of nitrogens with zero attached hydrogens (tertiary/aromatic N) is 1. The summed E-state index contributed by atoms with van der Waals surface area (Å²) in [7, 11) is 0. The lowest BCUT2D eigenvalue weighted by molar-refractivity contribution is -0.131. The first-order valence-corrected chi connectivity index (χ1v) is 8.79. The molecule has 0 aromatic heterocycles. The third kappa shape index (κ3) is 4.71. The molecule has 1 atom stereocenters. The molecular formula is C19H29ClN2O. The summed E-state index contributed by atoms with van der Waals surface area (Å²) in [6.07, 6.45) is 6.68. The third-order valence-corrected chi connectivity index (χ3v) is 5.55. The molecule has 0 bridgehead atoms. The summed E-state index contributed by atoms with van der Waals surface area (Å²) < 4.78 is 0. The predicted molar refractivity (Wildman–Crippen MR) is 96.7 cm³/mol. The second-order valence-corrected chi connectivity index (χ2v) is 7.06. The van der Waals surface area contributed by atoms with Crippen LogP contribution in [0.5, 0.6) is 0 Å². The number of benzene rings is 1. The summed E-state index contributed by atoms with van der Waals surface area (Å²) in [6.45, 7) is 2.51. The number of halogens is 1. The zero-order valence-electron chi connectivity index (χ0n) is 13.8. The minimum atomic E-state index is 0. The van der Waals surface area contributed by atoms with Gasteiger partial charge in [0.05, 0.1) is 0 Å².